The monoisotopic (exact) mass is 257 g/mol. The van der Waals surface area contributed by atoms with Gasteiger partial charge in [-0.2, -0.15) is 15.0 Å². The number of hydrogen-bond acceptors (Lipinski definition) is 5. The van der Waals surface area contributed by atoms with Gasteiger partial charge < -0.3 is 11.1 Å². The fourth-order valence-electron chi connectivity index (χ4n) is 1.88. The number of rotatable bonds is 6. The zero-order chi connectivity index (χ0) is 13.5. The fourth-order valence-corrected chi connectivity index (χ4v) is 1.88. The van der Waals surface area contributed by atoms with Gasteiger partial charge in [0, 0.05) is 6.54 Å². The highest BCUT2D eigenvalue weighted by atomic mass is 15.2. The van der Waals surface area contributed by atoms with Gasteiger partial charge in [0.1, 0.15) is 5.82 Å². The van der Waals surface area contributed by atoms with Crippen molar-refractivity contribution in [2.75, 3.05) is 17.6 Å². The molecular formula is C14H19N5. The lowest BCUT2D eigenvalue weighted by Crippen LogP contribution is -2.09. The summed E-state index contributed by atoms with van der Waals surface area (Å²) in [6, 6.07) is 10.5. The highest BCUT2D eigenvalue weighted by Gasteiger charge is 2.00. The Morgan fingerprint density at radius 3 is 2.58 bits per heavy atom. The van der Waals surface area contributed by atoms with Crippen LogP contribution < -0.4 is 11.1 Å². The second kappa shape index (κ2) is 6.68. The Balaban J connectivity index is 1.69. The summed E-state index contributed by atoms with van der Waals surface area (Å²) < 4.78 is 0. The van der Waals surface area contributed by atoms with Gasteiger partial charge in [-0.25, -0.2) is 0 Å². The summed E-state index contributed by atoms with van der Waals surface area (Å²) in [5.41, 5.74) is 6.94. The van der Waals surface area contributed by atoms with Crippen molar-refractivity contribution in [2.24, 2.45) is 0 Å². The van der Waals surface area contributed by atoms with E-state index in [1.165, 1.54) is 5.56 Å². The third kappa shape index (κ3) is 4.54. The van der Waals surface area contributed by atoms with Gasteiger partial charge in [-0.1, -0.05) is 30.3 Å². The van der Waals surface area contributed by atoms with Crippen molar-refractivity contribution in [1.29, 1.82) is 0 Å². The standard InChI is InChI=1S/C14H19N5/c1-11-17-13(15)19-14(18-11)16-10-6-5-9-12-7-3-2-4-8-12/h2-4,7-8H,5-6,9-10H2,1H3,(H3,15,16,17,18,19). The van der Waals surface area contributed by atoms with Crippen LogP contribution in [-0.4, -0.2) is 21.5 Å². The van der Waals surface area contributed by atoms with Gasteiger partial charge in [0.15, 0.2) is 0 Å². The van der Waals surface area contributed by atoms with Crippen LogP contribution in [0, 0.1) is 6.92 Å². The summed E-state index contributed by atoms with van der Waals surface area (Å²) in [4.78, 5) is 12.1. The molecule has 1 heterocycles. The topological polar surface area (TPSA) is 76.7 Å². The Morgan fingerprint density at radius 1 is 1.05 bits per heavy atom. The lowest BCUT2D eigenvalue weighted by atomic mass is 10.1. The van der Waals surface area contributed by atoms with E-state index in [-0.39, 0.29) is 5.95 Å². The first-order chi connectivity index (χ1) is 9.24. The highest BCUT2D eigenvalue weighted by Crippen LogP contribution is 2.06. The van der Waals surface area contributed by atoms with Gasteiger partial charge in [0.05, 0.1) is 0 Å². The van der Waals surface area contributed by atoms with Crippen LogP contribution in [0.3, 0.4) is 0 Å². The van der Waals surface area contributed by atoms with Crippen molar-refractivity contribution in [1.82, 2.24) is 15.0 Å². The van der Waals surface area contributed by atoms with Gasteiger partial charge >= 0.3 is 0 Å². The summed E-state index contributed by atoms with van der Waals surface area (Å²) in [6.45, 7) is 2.65. The van der Waals surface area contributed by atoms with E-state index in [2.05, 4.69) is 44.5 Å². The Hall–Kier alpha value is -2.17. The lowest BCUT2D eigenvalue weighted by Gasteiger charge is -2.05. The van der Waals surface area contributed by atoms with Gasteiger partial charge in [0.2, 0.25) is 11.9 Å². The van der Waals surface area contributed by atoms with E-state index >= 15 is 0 Å². The van der Waals surface area contributed by atoms with Crippen LogP contribution in [-0.2, 0) is 6.42 Å². The first kappa shape index (κ1) is 13.3. The van der Waals surface area contributed by atoms with Gasteiger partial charge in [0.25, 0.3) is 0 Å². The molecule has 1 aromatic carbocycles. The number of benzene rings is 1. The molecule has 0 bridgehead atoms. The maximum absolute atomic E-state index is 5.56. The SMILES string of the molecule is Cc1nc(N)nc(NCCCCc2ccccc2)n1. The van der Waals surface area contributed by atoms with Gasteiger partial charge in [-0.05, 0) is 31.7 Å². The maximum Gasteiger partial charge on any atom is 0.227 e. The molecule has 5 nitrogen and oxygen atoms in total. The number of aromatic nitrogens is 3. The number of nitrogens with one attached hydrogen (secondary N) is 1. The number of anilines is 2. The second-order valence-corrected chi connectivity index (χ2v) is 4.43. The van der Waals surface area contributed by atoms with Crippen LogP contribution in [0.25, 0.3) is 0 Å². The second-order valence-electron chi connectivity index (χ2n) is 4.43. The molecule has 3 N–H and O–H groups in total. The molecule has 0 saturated heterocycles. The molecule has 19 heavy (non-hydrogen) atoms. The minimum atomic E-state index is 0.263. The van der Waals surface area contributed by atoms with Gasteiger partial charge in [-0.15, -0.1) is 0 Å². The van der Waals surface area contributed by atoms with Crippen molar-refractivity contribution in [3.8, 4) is 0 Å². The molecule has 2 rings (SSSR count). The normalized spacial score (nSPS) is 10.4. The molecule has 0 atom stereocenters. The third-order valence-corrected chi connectivity index (χ3v) is 2.78. The molecular weight excluding hydrogens is 238 g/mol. The number of nitrogen functional groups attached to an aromatic ring is 1. The molecule has 0 aliphatic carbocycles. The first-order valence-corrected chi connectivity index (χ1v) is 6.50. The molecule has 0 spiro atoms. The van der Waals surface area contributed by atoms with E-state index in [4.69, 9.17) is 5.73 Å². The summed E-state index contributed by atoms with van der Waals surface area (Å²) >= 11 is 0. The first-order valence-electron chi connectivity index (χ1n) is 6.50. The van der Waals surface area contributed by atoms with Crippen LogP contribution in [0.1, 0.15) is 24.2 Å². The molecule has 0 saturated carbocycles. The molecule has 0 aliphatic heterocycles. The van der Waals surface area contributed by atoms with Crippen molar-refractivity contribution >= 4 is 11.9 Å². The van der Waals surface area contributed by atoms with Crippen LogP contribution >= 0.6 is 0 Å². The van der Waals surface area contributed by atoms with Crippen LogP contribution in [0.4, 0.5) is 11.9 Å². The molecule has 100 valence electrons. The van der Waals surface area contributed by atoms with E-state index in [1.54, 1.807) is 6.92 Å². The molecule has 0 aliphatic rings. The van der Waals surface area contributed by atoms with E-state index in [9.17, 15) is 0 Å². The zero-order valence-electron chi connectivity index (χ0n) is 11.1. The summed E-state index contributed by atoms with van der Waals surface area (Å²) in [6.07, 6.45) is 3.30. The molecule has 0 fully saturated rings. The number of aryl methyl sites for hydroxylation is 2. The Labute approximate surface area is 113 Å². The quantitative estimate of drug-likeness (QED) is 0.776. The summed E-state index contributed by atoms with van der Waals surface area (Å²) in [5, 5.41) is 3.17. The van der Waals surface area contributed by atoms with Crippen molar-refractivity contribution in [3.63, 3.8) is 0 Å². The molecule has 2 aromatic rings. The van der Waals surface area contributed by atoms with E-state index in [0.717, 1.165) is 25.8 Å². The largest absolute Gasteiger partial charge is 0.368 e. The van der Waals surface area contributed by atoms with Crippen LogP contribution in [0.2, 0.25) is 0 Å². The average molecular weight is 257 g/mol. The third-order valence-electron chi connectivity index (χ3n) is 2.78. The molecule has 0 radical (unpaired) electrons. The number of hydrogen-bond donors (Lipinski definition) is 2. The number of unbranched alkanes of at least 4 members (excludes halogenated alkanes) is 1. The Kier molecular flexibility index (Phi) is 4.66. The smallest absolute Gasteiger partial charge is 0.227 e. The van der Waals surface area contributed by atoms with Gasteiger partial charge in [-0.3, -0.25) is 0 Å². The minimum Gasteiger partial charge on any atom is -0.368 e. The van der Waals surface area contributed by atoms with E-state index in [1.807, 2.05) is 6.07 Å². The predicted molar refractivity (Wildman–Crippen MR) is 76.8 cm³/mol. The number of nitrogens with zero attached hydrogens (tertiary/aromatic N) is 3. The Morgan fingerprint density at radius 2 is 1.84 bits per heavy atom. The predicted octanol–water partition coefficient (Wildman–Crippen LogP) is 2.20. The van der Waals surface area contributed by atoms with Crippen LogP contribution in [0.15, 0.2) is 30.3 Å². The molecule has 0 unspecified atom stereocenters. The maximum atomic E-state index is 5.56. The van der Waals surface area contributed by atoms with Crippen LogP contribution in [0.5, 0.6) is 0 Å². The highest BCUT2D eigenvalue weighted by molar-refractivity contribution is 5.30. The minimum absolute atomic E-state index is 0.263. The Bertz CT molecular complexity index is 492. The fraction of sp³-hybridized carbons (Fsp3) is 0.357. The zero-order valence-corrected chi connectivity index (χ0v) is 11.1. The molecule has 0 amide bonds. The van der Waals surface area contributed by atoms with E-state index in [0.29, 0.717) is 11.8 Å². The summed E-state index contributed by atoms with van der Waals surface area (Å²) in [7, 11) is 0. The molecule has 5 heteroatoms. The molecule has 1 aromatic heterocycles. The average Bonchev–Trinajstić information content (AvgIpc) is 2.38. The van der Waals surface area contributed by atoms with E-state index < -0.39 is 0 Å². The summed E-state index contributed by atoms with van der Waals surface area (Å²) in [5.74, 6) is 1.46. The van der Waals surface area contributed by atoms with Crippen molar-refractivity contribution < 1.29 is 0 Å². The van der Waals surface area contributed by atoms with Crippen molar-refractivity contribution in [3.05, 3.63) is 41.7 Å². The van der Waals surface area contributed by atoms with Crippen molar-refractivity contribution in [2.45, 2.75) is 26.2 Å². The lowest BCUT2D eigenvalue weighted by molar-refractivity contribution is 0.758. The number of nitrogens with two attached hydrogens (primary N) is 1.